The average Bonchev–Trinajstić information content (AvgIpc) is 2.72. The molecule has 2 rings (SSSR count). The Morgan fingerprint density at radius 3 is 2.50 bits per heavy atom. The SMILES string of the molecule is CCc1c(CO)cnn1-c1ccc(C)cc1. The van der Waals surface area contributed by atoms with E-state index in [0.29, 0.717) is 0 Å². The first-order valence-electron chi connectivity index (χ1n) is 5.50. The molecule has 84 valence electrons. The van der Waals surface area contributed by atoms with Gasteiger partial charge >= 0.3 is 0 Å². The lowest BCUT2D eigenvalue weighted by atomic mass is 10.2. The lowest BCUT2D eigenvalue weighted by Crippen LogP contribution is -2.02. The minimum atomic E-state index is 0.0506. The third kappa shape index (κ3) is 1.86. The number of aliphatic hydroxyl groups is 1. The monoisotopic (exact) mass is 216 g/mol. The van der Waals surface area contributed by atoms with Crippen molar-refractivity contribution in [3.05, 3.63) is 47.3 Å². The van der Waals surface area contributed by atoms with Crippen molar-refractivity contribution in [2.45, 2.75) is 26.9 Å². The number of aliphatic hydroxyl groups excluding tert-OH is 1. The third-order valence-electron chi connectivity index (χ3n) is 2.74. The van der Waals surface area contributed by atoms with Gasteiger partial charge < -0.3 is 5.11 Å². The molecule has 0 aliphatic rings. The quantitative estimate of drug-likeness (QED) is 0.854. The molecular weight excluding hydrogens is 200 g/mol. The van der Waals surface area contributed by atoms with E-state index in [0.717, 1.165) is 23.4 Å². The van der Waals surface area contributed by atoms with Crippen LogP contribution in [0.2, 0.25) is 0 Å². The van der Waals surface area contributed by atoms with E-state index in [1.165, 1.54) is 5.56 Å². The lowest BCUT2D eigenvalue weighted by Gasteiger charge is -2.07. The maximum Gasteiger partial charge on any atom is 0.0715 e. The Morgan fingerprint density at radius 2 is 1.94 bits per heavy atom. The highest BCUT2D eigenvalue weighted by atomic mass is 16.3. The molecule has 0 bridgehead atoms. The van der Waals surface area contributed by atoms with Gasteiger partial charge in [0.05, 0.1) is 18.5 Å². The molecule has 0 aliphatic heterocycles. The number of hydrogen-bond donors (Lipinski definition) is 1. The molecule has 1 heterocycles. The van der Waals surface area contributed by atoms with E-state index in [9.17, 15) is 5.11 Å². The molecule has 0 saturated heterocycles. The van der Waals surface area contributed by atoms with Crippen LogP contribution in [0.25, 0.3) is 5.69 Å². The fourth-order valence-electron chi connectivity index (χ4n) is 1.83. The van der Waals surface area contributed by atoms with Crippen molar-refractivity contribution in [2.24, 2.45) is 0 Å². The molecule has 0 fully saturated rings. The summed E-state index contributed by atoms with van der Waals surface area (Å²) in [6.45, 7) is 4.18. The minimum Gasteiger partial charge on any atom is -0.392 e. The lowest BCUT2D eigenvalue weighted by molar-refractivity contribution is 0.280. The van der Waals surface area contributed by atoms with Gasteiger partial charge in [-0.25, -0.2) is 4.68 Å². The molecule has 1 N–H and O–H groups in total. The highest BCUT2D eigenvalue weighted by Crippen LogP contribution is 2.16. The molecule has 1 aromatic carbocycles. The summed E-state index contributed by atoms with van der Waals surface area (Å²) in [6, 6.07) is 8.22. The topological polar surface area (TPSA) is 38.1 Å². The molecule has 0 unspecified atom stereocenters. The van der Waals surface area contributed by atoms with E-state index in [-0.39, 0.29) is 6.61 Å². The molecule has 1 aromatic heterocycles. The van der Waals surface area contributed by atoms with Crippen LogP contribution in [0.15, 0.2) is 30.5 Å². The summed E-state index contributed by atoms with van der Waals surface area (Å²) in [7, 11) is 0. The minimum absolute atomic E-state index is 0.0506. The summed E-state index contributed by atoms with van der Waals surface area (Å²) < 4.78 is 1.89. The third-order valence-corrected chi connectivity index (χ3v) is 2.74. The number of benzene rings is 1. The fraction of sp³-hybridized carbons (Fsp3) is 0.308. The van der Waals surface area contributed by atoms with Gasteiger partial charge in [0.2, 0.25) is 0 Å². The molecule has 3 nitrogen and oxygen atoms in total. The van der Waals surface area contributed by atoms with Crippen molar-refractivity contribution in [3.63, 3.8) is 0 Å². The zero-order chi connectivity index (χ0) is 11.5. The standard InChI is InChI=1S/C13H16N2O/c1-3-13-11(9-16)8-14-15(13)12-6-4-10(2)5-7-12/h4-8,16H,3,9H2,1-2H3. The van der Waals surface area contributed by atoms with Crippen LogP contribution in [0.5, 0.6) is 0 Å². The van der Waals surface area contributed by atoms with Crippen molar-refractivity contribution < 1.29 is 5.11 Å². The predicted molar refractivity (Wildman–Crippen MR) is 63.6 cm³/mol. The Bertz CT molecular complexity index is 471. The Balaban J connectivity index is 2.47. The molecule has 2 aromatic rings. The first-order chi connectivity index (χ1) is 7.76. The Labute approximate surface area is 95.3 Å². The van der Waals surface area contributed by atoms with Crippen LogP contribution in [0.3, 0.4) is 0 Å². The number of rotatable bonds is 3. The number of hydrogen-bond acceptors (Lipinski definition) is 2. The normalized spacial score (nSPS) is 10.7. The number of nitrogens with zero attached hydrogens (tertiary/aromatic N) is 2. The maximum atomic E-state index is 9.20. The van der Waals surface area contributed by atoms with Crippen molar-refractivity contribution in [2.75, 3.05) is 0 Å². The van der Waals surface area contributed by atoms with Gasteiger partial charge in [0.15, 0.2) is 0 Å². The molecule has 0 radical (unpaired) electrons. The number of aromatic nitrogens is 2. The van der Waals surface area contributed by atoms with Crippen LogP contribution < -0.4 is 0 Å². The van der Waals surface area contributed by atoms with E-state index in [1.54, 1.807) is 6.20 Å². The summed E-state index contributed by atoms with van der Waals surface area (Å²) in [5.74, 6) is 0. The number of aryl methyl sites for hydroxylation is 1. The van der Waals surface area contributed by atoms with Crippen LogP contribution in [-0.2, 0) is 13.0 Å². The van der Waals surface area contributed by atoms with Gasteiger partial charge in [0, 0.05) is 11.3 Å². The van der Waals surface area contributed by atoms with Crippen LogP contribution in [-0.4, -0.2) is 14.9 Å². The van der Waals surface area contributed by atoms with Gasteiger partial charge in [-0.2, -0.15) is 5.10 Å². The summed E-state index contributed by atoms with van der Waals surface area (Å²) >= 11 is 0. The van der Waals surface area contributed by atoms with Crippen molar-refractivity contribution >= 4 is 0 Å². The molecule has 0 saturated carbocycles. The Hall–Kier alpha value is -1.61. The molecule has 0 spiro atoms. The van der Waals surface area contributed by atoms with Crippen LogP contribution >= 0.6 is 0 Å². The van der Waals surface area contributed by atoms with Crippen LogP contribution in [0.4, 0.5) is 0 Å². The first kappa shape index (κ1) is 10.9. The van der Waals surface area contributed by atoms with E-state index in [1.807, 2.05) is 16.8 Å². The molecule has 0 aliphatic carbocycles. The summed E-state index contributed by atoms with van der Waals surface area (Å²) in [4.78, 5) is 0. The summed E-state index contributed by atoms with van der Waals surface area (Å²) in [6.07, 6.45) is 2.60. The van der Waals surface area contributed by atoms with Crippen molar-refractivity contribution in [1.29, 1.82) is 0 Å². The molecule has 0 atom stereocenters. The highest BCUT2D eigenvalue weighted by Gasteiger charge is 2.09. The van der Waals surface area contributed by atoms with Crippen molar-refractivity contribution in [3.8, 4) is 5.69 Å². The average molecular weight is 216 g/mol. The summed E-state index contributed by atoms with van der Waals surface area (Å²) in [5.41, 5.74) is 4.26. The van der Waals surface area contributed by atoms with Gasteiger partial charge in [0.25, 0.3) is 0 Å². The van der Waals surface area contributed by atoms with Gasteiger partial charge in [-0.15, -0.1) is 0 Å². The predicted octanol–water partition coefficient (Wildman–Crippen LogP) is 2.24. The molecule has 3 heteroatoms. The fourth-order valence-corrected chi connectivity index (χ4v) is 1.83. The van der Waals surface area contributed by atoms with Crippen LogP contribution in [0.1, 0.15) is 23.7 Å². The second-order valence-corrected chi connectivity index (χ2v) is 3.88. The zero-order valence-corrected chi connectivity index (χ0v) is 9.64. The Kier molecular flexibility index (Phi) is 3.06. The van der Waals surface area contributed by atoms with E-state index >= 15 is 0 Å². The Morgan fingerprint density at radius 1 is 1.25 bits per heavy atom. The summed E-state index contributed by atoms with van der Waals surface area (Å²) in [5, 5.41) is 13.5. The molecule has 0 amide bonds. The van der Waals surface area contributed by atoms with E-state index in [4.69, 9.17) is 0 Å². The molecule has 16 heavy (non-hydrogen) atoms. The first-order valence-corrected chi connectivity index (χ1v) is 5.50. The van der Waals surface area contributed by atoms with Gasteiger partial charge in [0.1, 0.15) is 0 Å². The van der Waals surface area contributed by atoms with Crippen molar-refractivity contribution in [1.82, 2.24) is 9.78 Å². The van der Waals surface area contributed by atoms with Crippen LogP contribution in [0, 0.1) is 6.92 Å². The van der Waals surface area contributed by atoms with E-state index in [2.05, 4.69) is 31.1 Å². The largest absolute Gasteiger partial charge is 0.392 e. The van der Waals surface area contributed by atoms with Gasteiger partial charge in [-0.05, 0) is 25.5 Å². The molecular formula is C13H16N2O. The van der Waals surface area contributed by atoms with Gasteiger partial charge in [-0.3, -0.25) is 0 Å². The highest BCUT2D eigenvalue weighted by molar-refractivity contribution is 5.36. The smallest absolute Gasteiger partial charge is 0.0715 e. The second kappa shape index (κ2) is 4.49. The second-order valence-electron chi connectivity index (χ2n) is 3.88. The van der Waals surface area contributed by atoms with E-state index < -0.39 is 0 Å². The maximum absolute atomic E-state index is 9.20. The zero-order valence-electron chi connectivity index (χ0n) is 9.64. The van der Waals surface area contributed by atoms with Gasteiger partial charge in [-0.1, -0.05) is 24.6 Å².